The Bertz CT molecular complexity index is 1400. The van der Waals surface area contributed by atoms with Crippen LogP contribution in [0.15, 0.2) is 65.1 Å². The molecule has 0 saturated carbocycles. The highest BCUT2D eigenvalue weighted by atomic mass is 32.2. The minimum atomic E-state index is -3.51. The number of rotatable bonds is 8. The summed E-state index contributed by atoms with van der Waals surface area (Å²) in [7, 11) is -0.408. The van der Waals surface area contributed by atoms with Crippen LogP contribution in [-0.2, 0) is 16.4 Å². The lowest BCUT2D eigenvalue weighted by molar-refractivity contribution is 0.150. The van der Waals surface area contributed by atoms with E-state index in [0.717, 1.165) is 27.4 Å². The predicted molar refractivity (Wildman–Crippen MR) is 133 cm³/mol. The van der Waals surface area contributed by atoms with Crippen LogP contribution in [0.4, 0.5) is 5.82 Å². The number of nitrogens with one attached hydrogen (secondary N) is 1. The Morgan fingerprint density at radius 2 is 1.76 bits per heavy atom. The maximum absolute atomic E-state index is 12.1. The molecule has 0 bridgehead atoms. The zero-order valence-electron chi connectivity index (χ0n) is 19.4. The van der Waals surface area contributed by atoms with E-state index >= 15 is 0 Å². The molecule has 34 heavy (non-hydrogen) atoms. The maximum atomic E-state index is 12.1. The fourth-order valence-electron chi connectivity index (χ4n) is 3.69. The topological polar surface area (TPSA) is 105 Å². The van der Waals surface area contributed by atoms with Crippen LogP contribution >= 0.6 is 0 Å². The summed E-state index contributed by atoms with van der Waals surface area (Å²) in [5.41, 5.74) is 2.22. The molecule has 4 rings (SSSR count). The number of furan rings is 1. The lowest BCUT2D eigenvalue weighted by Gasteiger charge is -2.18. The predicted octanol–water partition coefficient (Wildman–Crippen LogP) is 4.46. The Morgan fingerprint density at radius 3 is 2.35 bits per heavy atom. The number of ether oxygens (including phenoxy) is 1. The van der Waals surface area contributed by atoms with Gasteiger partial charge in [-0.15, -0.1) is 0 Å². The van der Waals surface area contributed by atoms with Gasteiger partial charge in [0, 0.05) is 18.0 Å². The maximum Gasteiger partial charge on any atom is 0.233 e. The zero-order valence-corrected chi connectivity index (χ0v) is 20.3. The first-order valence-corrected chi connectivity index (χ1v) is 12.7. The number of para-hydroxylation sites is 1. The fraction of sp³-hybridized carbons (Fsp3) is 0.240. The minimum absolute atomic E-state index is 0.242. The molecule has 0 spiro atoms. The Balaban J connectivity index is 1.82. The Labute approximate surface area is 198 Å². The van der Waals surface area contributed by atoms with E-state index in [1.165, 1.54) is 7.05 Å². The van der Waals surface area contributed by atoms with Gasteiger partial charge in [0.25, 0.3) is 0 Å². The van der Waals surface area contributed by atoms with Gasteiger partial charge in [0.05, 0.1) is 11.8 Å². The lowest BCUT2D eigenvalue weighted by Crippen LogP contribution is -2.27. The summed E-state index contributed by atoms with van der Waals surface area (Å²) in [5.74, 6) is 2.13. The van der Waals surface area contributed by atoms with Crippen LogP contribution in [0.3, 0.4) is 0 Å². The van der Waals surface area contributed by atoms with Crippen LogP contribution in [0.2, 0.25) is 0 Å². The highest BCUT2D eigenvalue weighted by Gasteiger charge is 2.26. The molecule has 178 valence electrons. The minimum Gasteiger partial charge on any atom is -0.457 e. The van der Waals surface area contributed by atoms with Crippen molar-refractivity contribution in [3.05, 3.63) is 71.8 Å². The van der Waals surface area contributed by atoms with Crippen molar-refractivity contribution in [2.75, 3.05) is 24.7 Å². The molecule has 4 aromatic rings. The van der Waals surface area contributed by atoms with Crippen LogP contribution in [0, 0.1) is 0 Å². The van der Waals surface area contributed by atoms with Crippen molar-refractivity contribution in [1.29, 1.82) is 0 Å². The number of sulfonamides is 1. The Hall–Kier alpha value is -3.40. The first kappa shape index (κ1) is 23.7. The molecule has 0 saturated heterocycles. The number of hydrogen-bond acceptors (Lipinski definition) is 7. The second-order valence-electron chi connectivity index (χ2n) is 7.88. The molecule has 8 nitrogen and oxygen atoms in total. The molecular weight excluding hydrogens is 454 g/mol. The van der Waals surface area contributed by atoms with Gasteiger partial charge in [0.15, 0.2) is 0 Å². The van der Waals surface area contributed by atoms with Crippen LogP contribution in [0.5, 0.6) is 11.5 Å². The van der Waals surface area contributed by atoms with Gasteiger partial charge in [-0.25, -0.2) is 8.42 Å². The van der Waals surface area contributed by atoms with Crippen LogP contribution < -0.4 is 14.4 Å². The number of aliphatic hydroxyl groups excluding tert-OH is 1. The third-order valence-corrected chi connectivity index (χ3v) is 6.76. The number of benzene rings is 2. The number of aliphatic hydroxyl groups is 1. The molecule has 2 heterocycles. The molecule has 2 aromatic heterocycles. The smallest absolute Gasteiger partial charge is 0.233 e. The molecule has 2 N–H and O–H groups in total. The summed E-state index contributed by atoms with van der Waals surface area (Å²) in [4.78, 5) is 4.53. The van der Waals surface area contributed by atoms with Gasteiger partial charge >= 0.3 is 0 Å². The molecule has 9 heteroatoms. The molecule has 2 aromatic carbocycles. The van der Waals surface area contributed by atoms with Gasteiger partial charge in [-0.05, 0) is 61.5 Å². The lowest BCUT2D eigenvalue weighted by atomic mass is 10.0. The van der Waals surface area contributed by atoms with Crippen LogP contribution in [0.25, 0.3) is 22.4 Å². The first-order chi connectivity index (χ1) is 16.2. The highest BCUT2D eigenvalue weighted by molar-refractivity contribution is 7.92. The second-order valence-corrected chi connectivity index (χ2v) is 9.90. The van der Waals surface area contributed by atoms with Crippen LogP contribution in [-0.4, -0.2) is 38.9 Å². The summed E-state index contributed by atoms with van der Waals surface area (Å²) < 4.78 is 37.4. The van der Waals surface area contributed by atoms with Crippen molar-refractivity contribution in [2.45, 2.75) is 19.6 Å². The van der Waals surface area contributed by atoms with E-state index in [2.05, 4.69) is 10.3 Å². The third-order valence-electron chi connectivity index (χ3n) is 5.60. The SMILES string of the molecule is CCc1cc2c(C(O)NC)c(-c3ccc(Oc4ccccc4)cc3)oc2nc1N(C)S(C)(=O)=O. The molecule has 0 radical (unpaired) electrons. The number of pyridine rings is 1. The number of hydrogen-bond donors (Lipinski definition) is 2. The standard InChI is InChI=1S/C25H27N3O5S/c1-5-16-15-20-21(24(29)26-2)22(33-25(20)27-23(16)28(3)34(4,30)31)17-11-13-19(14-12-17)32-18-9-7-6-8-10-18/h6-15,24,26,29H,5H2,1-4H3. The average Bonchev–Trinajstić information content (AvgIpc) is 3.21. The van der Waals surface area contributed by atoms with E-state index in [1.807, 2.05) is 67.6 Å². The number of anilines is 1. The van der Waals surface area contributed by atoms with Gasteiger partial charge in [-0.3, -0.25) is 9.62 Å². The van der Waals surface area contributed by atoms with E-state index in [-0.39, 0.29) is 5.71 Å². The van der Waals surface area contributed by atoms with Crippen LogP contribution in [0.1, 0.15) is 24.3 Å². The molecule has 0 aliphatic heterocycles. The van der Waals surface area contributed by atoms with Crippen molar-refractivity contribution in [2.24, 2.45) is 0 Å². The van der Waals surface area contributed by atoms with Crippen molar-refractivity contribution < 1.29 is 22.7 Å². The van der Waals surface area contributed by atoms with E-state index in [1.54, 1.807) is 7.05 Å². The van der Waals surface area contributed by atoms with E-state index in [9.17, 15) is 13.5 Å². The van der Waals surface area contributed by atoms with E-state index in [0.29, 0.717) is 34.7 Å². The average molecular weight is 482 g/mol. The van der Waals surface area contributed by atoms with E-state index in [4.69, 9.17) is 9.15 Å². The summed E-state index contributed by atoms with van der Waals surface area (Å²) in [6.07, 6.45) is 0.668. The number of fused-ring (bicyclic) bond motifs is 1. The van der Waals surface area contributed by atoms with Crippen molar-refractivity contribution in [1.82, 2.24) is 10.3 Å². The molecule has 0 fully saturated rings. The molecular formula is C25H27N3O5S. The normalized spacial score (nSPS) is 12.6. The van der Waals surface area contributed by atoms with E-state index < -0.39 is 16.3 Å². The molecule has 0 aliphatic carbocycles. The quantitative estimate of drug-likeness (QED) is 0.358. The summed E-state index contributed by atoms with van der Waals surface area (Å²) in [6.45, 7) is 1.92. The monoisotopic (exact) mass is 481 g/mol. The fourth-order valence-corrected chi connectivity index (χ4v) is 4.16. The number of aromatic nitrogens is 1. The second kappa shape index (κ2) is 9.46. The van der Waals surface area contributed by atoms with Crippen molar-refractivity contribution in [3.63, 3.8) is 0 Å². The molecule has 0 aliphatic rings. The van der Waals surface area contributed by atoms with Gasteiger partial charge in [0.2, 0.25) is 15.7 Å². The molecule has 1 unspecified atom stereocenters. The Kier molecular flexibility index (Phi) is 6.60. The van der Waals surface area contributed by atoms with Gasteiger partial charge < -0.3 is 14.3 Å². The molecule has 0 amide bonds. The summed E-state index contributed by atoms with van der Waals surface area (Å²) >= 11 is 0. The Morgan fingerprint density at radius 1 is 1.12 bits per heavy atom. The first-order valence-electron chi connectivity index (χ1n) is 10.8. The van der Waals surface area contributed by atoms with Crippen molar-refractivity contribution in [3.8, 4) is 22.8 Å². The highest BCUT2D eigenvalue weighted by Crippen LogP contribution is 2.39. The summed E-state index contributed by atoms with van der Waals surface area (Å²) in [6, 6.07) is 18.6. The number of aryl methyl sites for hydroxylation is 1. The van der Waals surface area contributed by atoms with Gasteiger partial charge in [0.1, 0.15) is 29.3 Å². The molecule has 1 atom stereocenters. The largest absolute Gasteiger partial charge is 0.457 e. The zero-order chi connectivity index (χ0) is 24.5. The number of nitrogens with zero attached hydrogens (tertiary/aromatic N) is 2. The third kappa shape index (κ3) is 4.63. The van der Waals surface area contributed by atoms with Crippen molar-refractivity contribution >= 4 is 26.9 Å². The van der Waals surface area contributed by atoms with Gasteiger partial charge in [-0.1, -0.05) is 25.1 Å². The van der Waals surface area contributed by atoms with Gasteiger partial charge in [-0.2, -0.15) is 4.98 Å². The summed E-state index contributed by atoms with van der Waals surface area (Å²) in [5, 5.41) is 14.2.